The van der Waals surface area contributed by atoms with Crippen molar-refractivity contribution in [1.29, 1.82) is 0 Å². The number of thioether (sulfide) groups is 1. The minimum Gasteiger partial charge on any atom is -0.338 e. The van der Waals surface area contributed by atoms with Crippen molar-refractivity contribution in [3.8, 4) is 0 Å². The molecule has 3 rings (SSSR count). The molecular formula is C15H20N4OS. The van der Waals surface area contributed by atoms with Crippen LogP contribution in [0.1, 0.15) is 29.4 Å². The third-order valence-corrected chi connectivity index (χ3v) is 4.79. The second-order valence-electron chi connectivity index (χ2n) is 5.36. The van der Waals surface area contributed by atoms with Crippen LogP contribution < -0.4 is 5.73 Å². The molecule has 1 aromatic carbocycles. The third kappa shape index (κ3) is 3.45. The van der Waals surface area contributed by atoms with Gasteiger partial charge in [0.05, 0.1) is 12.1 Å². The summed E-state index contributed by atoms with van der Waals surface area (Å²) in [4.78, 5) is 6.79. The van der Waals surface area contributed by atoms with E-state index in [-0.39, 0.29) is 12.1 Å². The van der Waals surface area contributed by atoms with Crippen LogP contribution >= 0.6 is 11.8 Å². The summed E-state index contributed by atoms with van der Waals surface area (Å²) in [5.74, 6) is 3.44. The van der Waals surface area contributed by atoms with E-state index >= 15 is 0 Å². The van der Waals surface area contributed by atoms with E-state index in [0.717, 1.165) is 23.9 Å². The molecule has 2 aromatic rings. The van der Waals surface area contributed by atoms with Gasteiger partial charge in [-0.25, -0.2) is 0 Å². The van der Waals surface area contributed by atoms with Gasteiger partial charge in [-0.1, -0.05) is 35.5 Å². The number of nitrogens with two attached hydrogens (primary N) is 1. The minimum absolute atomic E-state index is 0.227. The highest BCUT2D eigenvalue weighted by atomic mass is 32.2. The van der Waals surface area contributed by atoms with Gasteiger partial charge in [-0.2, -0.15) is 16.7 Å². The normalized spacial score (nSPS) is 21.3. The Morgan fingerprint density at radius 2 is 2.24 bits per heavy atom. The van der Waals surface area contributed by atoms with Gasteiger partial charge in [0.25, 0.3) is 0 Å². The van der Waals surface area contributed by atoms with Crippen molar-refractivity contribution >= 4 is 11.8 Å². The van der Waals surface area contributed by atoms with Gasteiger partial charge in [-0.3, -0.25) is 4.90 Å². The zero-order chi connectivity index (χ0) is 14.7. The predicted octanol–water partition coefficient (Wildman–Crippen LogP) is 2.03. The maximum atomic E-state index is 6.19. The van der Waals surface area contributed by atoms with Crippen LogP contribution in [0, 0.1) is 0 Å². The van der Waals surface area contributed by atoms with Crippen LogP contribution in [0.15, 0.2) is 34.9 Å². The molecule has 0 aliphatic carbocycles. The molecule has 112 valence electrons. The molecule has 1 saturated heterocycles. The number of hydrogen-bond donors (Lipinski definition) is 1. The Hall–Kier alpha value is -1.37. The molecule has 2 atom stereocenters. The van der Waals surface area contributed by atoms with Crippen molar-refractivity contribution in [2.75, 3.05) is 25.1 Å². The van der Waals surface area contributed by atoms with Crippen LogP contribution in [0.2, 0.25) is 0 Å². The summed E-state index contributed by atoms with van der Waals surface area (Å²) in [6.07, 6.45) is 0.706. The first-order chi connectivity index (χ1) is 10.2. The number of benzene rings is 1. The smallest absolute Gasteiger partial charge is 0.243 e. The van der Waals surface area contributed by atoms with Crippen LogP contribution in [0.25, 0.3) is 0 Å². The molecule has 1 fully saturated rings. The molecule has 2 heterocycles. The predicted molar refractivity (Wildman–Crippen MR) is 84.1 cm³/mol. The zero-order valence-electron chi connectivity index (χ0n) is 12.1. The highest BCUT2D eigenvalue weighted by Gasteiger charge is 2.26. The molecule has 1 aromatic heterocycles. The van der Waals surface area contributed by atoms with Crippen molar-refractivity contribution in [2.45, 2.75) is 18.5 Å². The van der Waals surface area contributed by atoms with Crippen LogP contribution in [0.4, 0.5) is 0 Å². The van der Waals surface area contributed by atoms with Gasteiger partial charge in [0.15, 0.2) is 5.82 Å². The lowest BCUT2D eigenvalue weighted by molar-refractivity contribution is 0.256. The van der Waals surface area contributed by atoms with Gasteiger partial charge < -0.3 is 10.3 Å². The van der Waals surface area contributed by atoms with E-state index in [1.54, 1.807) is 0 Å². The molecule has 5 nitrogen and oxygen atoms in total. The van der Waals surface area contributed by atoms with Crippen molar-refractivity contribution in [3.63, 3.8) is 0 Å². The molecule has 0 amide bonds. The molecule has 21 heavy (non-hydrogen) atoms. The highest BCUT2D eigenvalue weighted by Crippen LogP contribution is 2.27. The highest BCUT2D eigenvalue weighted by molar-refractivity contribution is 7.99. The second-order valence-corrected chi connectivity index (χ2v) is 6.51. The molecule has 0 saturated carbocycles. The molecule has 6 heteroatoms. The van der Waals surface area contributed by atoms with E-state index in [1.807, 2.05) is 30.0 Å². The standard InChI is InChI=1S/C15H20N4OS/c1-19-7-8-21-10-13(19)14-17-15(20-18-14)12(16)9-11-5-3-2-4-6-11/h2-6,12-13H,7-10,16H2,1H3/t12-,13?/m0/s1. The largest absolute Gasteiger partial charge is 0.338 e. The van der Waals surface area contributed by atoms with E-state index in [1.165, 1.54) is 5.56 Å². The quantitative estimate of drug-likeness (QED) is 0.932. The number of rotatable bonds is 4. The minimum atomic E-state index is -0.254. The van der Waals surface area contributed by atoms with Gasteiger partial charge in [0.1, 0.15) is 0 Å². The fraction of sp³-hybridized carbons (Fsp3) is 0.467. The van der Waals surface area contributed by atoms with Gasteiger partial charge in [0.2, 0.25) is 5.89 Å². The molecular weight excluding hydrogens is 284 g/mol. The van der Waals surface area contributed by atoms with E-state index in [4.69, 9.17) is 10.3 Å². The summed E-state index contributed by atoms with van der Waals surface area (Å²) in [6.45, 7) is 1.05. The van der Waals surface area contributed by atoms with Crippen LogP contribution in [0.3, 0.4) is 0 Å². The summed E-state index contributed by atoms with van der Waals surface area (Å²) in [6, 6.07) is 10.1. The van der Waals surface area contributed by atoms with E-state index in [2.05, 4.69) is 34.2 Å². The molecule has 0 radical (unpaired) electrons. The monoisotopic (exact) mass is 304 g/mol. The lowest BCUT2D eigenvalue weighted by Crippen LogP contribution is -2.33. The van der Waals surface area contributed by atoms with E-state index in [9.17, 15) is 0 Å². The Bertz CT molecular complexity index is 574. The molecule has 2 N–H and O–H groups in total. The summed E-state index contributed by atoms with van der Waals surface area (Å²) in [5, 5.41) is 4.13. The Labute approximate surface area is 128 Å². The van der Waals surface area contributed by atoms with Crippen LogP contribution in [-0.4, -0.2) is 40.1 Å². The Kier molecular flexibility index (Phi) is 4.57. The number of hydrogen-bond acceptors (Lipinski definition) is 6. The summed E-state index contributed by atoms with van der Waals surface area (Å²) in [7, 11) is 2.10. The van der Waals surface area contributed by atoms with Crippen molar-refractivity contribution in [1.82, 2.24) is 15.0 Å². The van der Waals surface area contributed by atoms with E-state index in [0.29, 0.717) is 12.3 Å². The molecule has 0 spiro atoms. The Morgan fingerprint density at radius 1 is 1.43 bits per heavy atom. The summed E-state index contributed by atoms with van der Waals surface area (Å²) in [5.41, 5.74) is 7.37. The average Bonchev–Trinajstić information content (AvgIpc) is 2.98. The Morgan fingerprint density at radius 3 is 3.00 bits per heavy atom. The number of aromatic nitrogens is 2. The molecule has 1 unspecified atom stereocenters. The second kappa shape index (κ2) is 6.60. The summed E-state index contributed by atoms with van der Waals surface area (Å²) < 4.78 is 5.38. The zero-order valence-corrected chi connectivity index (χ0v) is 12.9. The lowest BCUT2D eigenvalue weighted by atomic mass is 10.1. The molecule has 1 aliphatic rings. The van der Waals surface area contributed by atoms with Gasteiger partial charge in [-0.15, -0.1) is 0 Å². The van der Waals surface area contributed by atoms with Crippen molar-refractivity contribution in [2.24, 2.45) is 5.73 Å². The maximum absolute atomic E-state index is 6.19. The maximum Gasteiger partial charge on any atom is 0.243 e. The fourth-order valence-electron chi connectivity index (χ4n) is 2.45. The fourth-order valence-corrected chi connectivity index (χ4v) is 3.66. The average molecular weight is 304 g/mol. The van der Waals surface area contributed by atoms with Gasteiger partial charge in [0, 0.05) is 18.1 Å². The van der Waals surface area contributed by atoms with Gasteiger partial charge >= 0.3 is 0 Å². The summed E-state index contributed by atoms with van der Waals surface area (Å²) >= 11 is 1.93. The lowest BCUT2D eigenvalue weighted by Gasteiger charge is -2.29. The number of nitrogens with zero attached hydrogens (tertiary/aromatic N) is 3. The topological polar surface area (TPSA) is 68.2 Å². The van der Waals surface area contributed by atoms with Crippen molar-refractivity contribution in [3.05, 3.63) is 47.6 Å². The molecule has 0 bridgehead atoms. The van der Waals surface area contributed by atoms with Crippen LogP contribution in [-0.2, 0) is 6.42 Å². The van der Waals surface area contributed by atoms with Gasteiger partial charge in [-0.05, 0) is 19.0 Å². The SMILES string of the molecule is CN1CCSCC1c1noc([C@@H](N)Cc2ccccc2)n1. The first-order valence-electron chi connectivity index (χ1n) is 7.15. The molecule has 1 aliphatic heterocycles. The van der Waals surface area contributed by atoms with E-state index < -0.39 is 0 Å². The Balaban J connectivity index is 1.69. The first-order valence-corrected chi connectivity index (χ1v) is 8.30. The third-order valence-electron chi connectivity index (χ3n) is 3.77. The van der Waals surface area contributed by atoms with Crippen LogP contribution in [0.5, 0.6) is 0 Å². The first kappa shape index (κ1) is 14.6. The van der Waals surface area contributed by atoms with Crippen molar-refractivity contribution < 1.29 is 4.52 Å².